The van der Waals surface area contributed by atoms with Gasteiger partial charge in [0.05, 0.1) is 5.71 Å². The molecule has 0 aromatic heterocycles. The molecule has 0 saturated heterocycles. The highest BCUT2D eigenvalue weighted by atomic mass is 14.6. The minimum atomic E-state index is 0.309. The molecule has 0 aliphatic carbocycles. The van der Waals surface area contributed by atoms with Crippen LogP contribution in [-0.2, 0) is 0 Å². The van der Waals surface area contributed by atoms with Crippen molar-refractivity contribution in [3.63, 3.8) is 0 Å². The number of hydrogen-bond donors (Lipinski definition) is 2. The molecule has 0 bridgehead atoms. The summed E-state index contributed by atoms with van der Waals surface area (Å²) in [5, 5.41) is 7.56. The summed E-state index contributed by atoms with van der Waals surface area (Å²) in [6.45, 7) is 4.36. The molecular formula is C10H14N2. The van der Waals surface area contributed by atoms with Gasteiger partial charge in [0.1, 0.15) is 0 Å². The zero-order valence-electron chi connectivity index (χ0n) is 7.52. The van der Waals surface area contributed by atoms with Gasteiger partial charge in [-0.1, -0.05) is 23.8 Å². The third-order valence-corrected chi connectivity index (χ3v) is 1.91. The zero-order valence-corrected chi connectivity index (χ0v) is 7.52. The highest BCUT2D eigenvalue weighted by Gasteiger charge is 2.01. The summed E-state index contributed by atoms with van der Waals surface area (Å²) in [6, 6.07) is 6.03. The van der Waals surface area contributed by atoms with Crippen LogP contribution in [0.25, 0.3) is 0 Å². The molecule has 1 rings (SSSR count). The topological polar surface area (TPSA) is 49.9 Å². The van der Waals surface area contributed by atoms with Gasteiger partial charge in [0.2, 0.25) is 0 Å². The van der Waals surface area contributed by atoms with E-state index in [1.54, 1.807) is 0 Å². The van der Waals surface area contributed by atoms with E-state index in [0.717, 1.165) is 11.1 Å². The van der Waals surface area contributed by atoms with Crippen LogP contribution >= 0.6 is 0 Å². The maximum absolute atomic E-state index is 7.56. The van der Waals surface area contributed by atoms with Crippen molar-refractivity contribution in [1.29, 1.82) is 5.41 Å². The summed E-state index contributed by atoms with van der Waals surface area (Å²) >= 11 is 0. The number of aryl methyl sites for hydroxylation is 2. The first-order valence-electron chi connectivity index (χ1n) is 4.00. The summed E-state index contributed by atoms with van der Waals surface area (Å²) in [7, 11) is 0. The van der Waals surface area contributed by atoms with Gasteiger partial charge < -0.3 is 11.1 Å². The van der Waals surface area contributed by atoms with Crippen molar-refractivity contribution in [2.24, 2.45) is 5.73 Å². The number of rotatable bonds is 2. The third-order valence-electron chi connectivity index (χ3n) is 1.91. The van der Waals surface area contributed by atoms with E-state index < -0.39 is 0 Å². The van der Waals surface area contributed by atoms with E-state index in [9.17, 15) is 0 Å². The normalized spacial score (nSPS) is 9.92. The van der Waals surface area contributed by atoms with Gasteiger partial charge in [-0.15, -0.1) is 0 Å². The van der Waals surface area contributed by atoms with Crippen molar-refractivity contribution in [2.75, 3.05) is 6.54 Å². The highest BCUT2D eigenvalue weighted by molar-refractivity contribution is 6.00. The number of nitrogens with one attached hydrogen (secondary N) is 1. The van der Waals surface area contributed by atoms with Crippen molar-refractivity contribution in [1.82, 2.24) is 0 Å². The van der Waals surface area contributed by atoms with E-state index in [1.165, 1.54) is 5.56 Å². The first-order valence-corrected chi connectivity index (χ1v) is 4.00. The Balaban J connectivity index is 3.09. The van der Waals surface area contributed by atoms with Crippen LogP contribution in [0.1, 0.15) is 16.7 Å². The van der Waals surface area contributed by atoms with Gasteiger partial charge in [-0.05, 0) is 25.0 Å². The van der Waals surface area contributed by atoms with Gasteiger partial charge in [0.15, 0.2) is 0 Å². The van der Waals surface area contributed by atoms with Crippen LogP contribution in [0.4, 0.5) is 0 Å². The summed E-state index contributed by atoms with van der Waals surface area (Å²) in [5.74, 6) is 0. The monoisotopic (exact) mass is 162 g/mol. The van der Waals surface area contributed by atoms with E-state index in [0.29, 0.717) is 12.3 Å². The Kier molecular flexibility index (Phi) is 2.61. The van der Waals surface area contributed by atoms with E-state index in [1.807, 2.05) is 26.0 Å². The van der Waals surface area contributed by atoms with E-state index in [4.69, 9.17) is 11.1 Å². The van der Waals surface area contributed by atoms with Crippen LogP contribution in [0.5, 0.6) is 0 Å². The Bertz CT molecular complexity index is 303. The average molecular weight is 162 g/mol. The third kappa shape index (κ3) is 1.71. The second-order valence-corrected chi connectivity index (χ2v) is 3.00. The van der Waals surface area contributed by atoms with Crippen LogP contribution < -0.4 is 5.73 Å². The quantitative estimate of drug-likeness (QED) is 0.638. The SMILES string of the molecule is Cc1ccc(C(=N)CN)c(C)c1. The molecule has 1 aromatic rings. The molecule has 0 spiro atoms. The largest absolute Gasteiger partial charge is 0.325 e. The van der Waals surface area contributed by atoms with Crippen molar-refractivity contribution in [3.05, 3.63) is 34.9 Å². The van der Waals surface area contributed by atoms with Gasteiger partial charge >= 0.3 is 0 Å². The molecule has 0 heterocycles. The maximum Gasteiger partial charge on any atom is 0.0524 e. The van der Waals surface area contributed by atoms with Crippen molar-refractivity contribution < 1.29 is 0 Å². The van der Waals surface area contributed by atoms with Crippen LogP contribution in [0.15, 0.2) is 18.2 Å². The van der Waals surface area contributed by atoms with Crippen molar-refractivity contribution in [3.8, 4) is 0 Å². The second kappa shape index (κ2) is 3.50. The Hall–Kier alpha value is -1.15. The fraction of sp³-hybridized carbons (Fsp3) is 0.300. The standard InChI is InChI=1S/C10H14N2/c1-7-3-4-9(8(2)5-7)10(12)6-11/h3-5,12H,6,11H2,1-2H3. The molecule has 2 heteroatoms. The predicted molar refractivity (Wildman–Crippen MR) is 51.8 cm³/mol. The Morgan fingerprint density at radius 3 is 2.58 bits per heavy atom. The molecule has 2 nitrogen and oxygen atoms in total. The predicted octanol–water partition coefficient (Wildman–Crippen LogP) is 1.63. The van der Waals surface area contributed by atoms with Crippen LogP contribution in [0, 0.1) is 19.3 Å². The summed E-state index contributed by atoms with van der Waals surface area (Å²) in [6.07, 6.45) is 0. The van der Waals surface area contributed by atoms with Gasteiger partial charge in [0.25, 0.3) is 0 Å². The lowest BCUT2D eigenvalue weighted by Crippen LogP contribution is -2.14. The lowest BCUT2D eigenvalue weighted by Gasteiger charge is -2.05. The molecular weight excluding hydrogens is 148 g/mol. The minimum absolute atomic E-state index is 0.309. The Labute approximate surface area is 72.9 Å². The molecule has 12 heavy (non-hydrogen) atoms. The molecule has 0 radical (unpaired) electrons. The molecule has 3 N–H and O–H groups in total. The lowest BCUT2D eigenvalue weighted by molar-refractivity contribution is 1.24. The van der Waals surface area contributed by atoms with Crippen molar-refractivity contribution in [2.45, 2.75) is 13.8 Å². The lowest BCUT2D eigenvalue weighted by atomic mass is 10.0. The Morgan fingerprint density at radius 1 is 1.42 bits per heavy atom. The van der Waals surface area contributed by atoms with Crippen molar-refractivity contribution >= 4 is 5.71 Å². The molecule has 0 fully saturated rings. The van der Waals surface area contributed by atoms with Gasteiger partial charge in [-0.2, -0.15) is 0 Å². The van der Waals surface area contributed by atoms with Crippen LogP contribution in [0.2, 0.25) is 0 Å². The molecule has 0 unspecified atom stereocenters. The van der Waals surface area contributed by atoms with Gasteiger partial charge in [-0.25, -0.2) is 0 Å². The molecule has 64 valence electrons. The smallest absolute Gasteiger partial charge is 0.0524 e. The molecule has 1 aromatic carbocycles. The van der Waals surface area contributed by atoms with Crippen LogP contribution in [-0.4, -0.2) is 12.3 Å². The van der Waals surface area contributed by atoms with E-state index in [2.05, 4.69) is 6.07 Å². The second-order valence-electron chi connectivity index (χ2n) is 3.00. The first-order chi connectivity index (χ1) is 5.65. The van der Waals surface area contributed by atoms with Crippen LogP contribution in [0.3, 0.4) is 0 Å². The molecule has 0 atom stereocenters. The number of hydrogen-bond acceptors (Lipinski definition) is 2. The summed E-state index contributed by atoms with van der Waals surface area (Å²) < 4.78 is 0. The Morgan fingerprint density at radius 2 is 2.08 bits per heavy atom. The summed E-state index contributed by atoms with van der Waals surface area (Å²) in [5.41, 5.74) is 9.21. The number of benzene rings is 1. The molecule has 0 aliphatic rings. The van der Waals surface area contributed by atoms with E-state index >= 15 is 0 Å². The van der Waals surface area contributed by atoms with E-state index in [-0.39, 0.29) is 0 Å². The molecule has 0 saturated carbocycles. The van der Waals surface area contributed by atoms with Gasteiger partial charge in [-0.3, -0.25) is 0 Å². The minimum Gasteiger partial charge on any atom is -0.325 e. The fourth-order valence-corrected chi connectivity index (χ4v) is 1.26. The fourth-order valence-electron chi connectivity index (χ4n) is 1.26. The first kappa shape index (κ1) is 8.94. The molecule has 0 aliphatic heterocycles. The highest BCUT2D eigenvalue weighted by Crippen LogP contribution is 2.10. The van der Waals surface area contributed by atoms with Gasteiger partial charge in [0, 0.05) is 6.54 Å². The molecule has 0 amide bonds. The number of nitrogens with two attached hydrogens (primary N) is 1. The maximum atomic E-state index is 7.56. The average Bonchev–Trinajstić information content (AvgIpc) is 2.03. The summed E-state index contributed by atoms with van der Waals surface area (Å²) in [4.78, 5) is 0. The zero-order chi connectivity index (χ0) is 9.14.